The van der Waals surface area contributed by atoms with Gasteiger partial charge in [-0.15, -0.1) is 0 Å². The van der Waals surface area contributed by atoms with Crippen molar-refractivity contribution >= 4 is 11.6 Å². The van der Waals surface area contributed by atoms with Crippen LogP contribution < -0.4 is 4.90 Å². The Balaban J connectivity index is 2.18. The van der Waals surface area contributed by atoms with Crippen molar-refractivity contribution < 1.29 is 9.18 Å². The van der Waals surface area contributed by atoms with E-state index in [-0.39, 0.29) is 11.5 Å². The molecule has 1 saturated heterocycles. The van der Waals surface area contributed by atoms with Gasteiger partial charge in [-0.2, -0.15) is 5.26 Å². The smallest absolute Gasteiger partial charge is 0.219 e. The van der Waals surface area contributed by atoms with Gasteiger partial charge < -0.3 is 9.80 Å². The summed E-state index contributed by atoms with van der Waals surface area (Å²) in [7, 11) is 0. The van der Waals surface area contributed by atoms with Gasteiger partial charge in [0.15, 0.2) is 0 Å². The van der Waals surface area contributed by atoms with Gasteiger partial charge in [-0.25, -0.2) is 4.39 Å². The number of benzene rings is 1. The number of nitriles is 1. The summed E-state index contributed by atoms with van der Waals surface area (Å²) in [6.45, 7) is 4.00. The molecule has 1 aliphatic rings. The van der Waals surface area contributed by atoms with Gasteiger partial charge in [0.25, 0.3) is 0 Å². The van der Waals surface area contributed by atoms with Crippen LogP contribution in [-0.4, -0.2) is 37.0 Å². The first-order valence-electron chi connectivity index (χ1n) is 5.82. The Morgan fingerprint density at radius 2 is 2.00 bits per heavy atom. The molecule has 0 aliphatic carbocycles. The fourth-order valence-corrected chi connectivity index (χ4v) is 2.15. The molecule has 18 heavy (non-hydrogen) atoms. The SMILES string of the molecule is CC(=O)N1CCN(c2cccc(F)c2C#N)CC1. The molecular formula is C13H14FN3O. The van der Waals surface area contributed by atoms with Gasteiger partial charge in [0.2, 0.25) is 5.91 Å². The number of halogens is 1. The van der Waals surface area contributed by atoms with E-state index in [0.29, 0.717) is 31.9 Å². The number of rotatable bonds is 1. The summed E-state index contributed by atoms with van der Waals surface area (Å²) >= 11 is 0. The van der Waals surface area contributed by atoms with Crippen LogP contribution >= 0.6 is 0 Å². The van der Waals surface area contributed by atoms with E-state index in [1.165, 1.54) is 6.07 Å². The zero-order valence-corrected chi connectivity index (χ0v) is 10.2. The Kier molecular flexibility index (Phi) is 3.47. The van der Waals surface area contributed by atoms with Gasteiger partial charge in [-0.3, -0.25) is 4.79 Å². The van der Waals surface area contributed by atoms with Crippen molar-refractivity contribution in [1.29, 1.82) is 5.26 Å². The molecule has 0 N–H and O–H groups in total. The minimum absolute atomic E-state index is 0.0504. The molecule has 1 fully saturated rings. The van der Waals surface area contributed by atoms with Crippen molar-refractivity contribution in [3.8, 4) is 6.07 Å². The lowest BCUT2D eigenvalue weighted by molar-refractivity contribution is -0.129. The molecule has 1 heterocycles. The molecule has 94 valence electrons. The standard InChI is InChI=1S/C13H14FN3O/c1-10(18)16-5-7-17(8-6-16)13-4-2-3-12(14)11(13)9-15/h2-4H,5-8H2,1H3. The molecule has 0 bridgehead atoms. The van der Waals surface area contributed by atoms with E-state index >= 15 is 0 Å². The highest BCUT2D eigenvalue weighted by Gasteiger charge is 2.21. The fourth-order valence-electron chi connectivity index (χ4n) is 2.15. The monoisotopic (exact) mass is 247 g/mol. The first kappa shape index (κ1) is 12.4. The summed E-state index contributed by atoms with van der Waals surface area (Å²) in [6.07, 6.45) is 0. The molecule has 0 radical (unpaired) electrons. The highest BCUT2D eigenvalue weighted by atomic mass is 19.1. The maximum absolute atomic E-state index is 13.5. The van der Waals surface area contributed by atoms with E-state index in [1.807, 2.05) is 11.0 Å². The predicted molar refractivity (Wildman–Crippen MR) is 65.6 cm³/mol. The number of amides is 1. The average Bonchev–Trinajstić information content (AvgIpc) is 2.38. The second kappa shape index (κ2) is 5.05. The molecule has 0 spiro atoms. The van der Waals surface area contributed by atoms with E-state index in [0.717, 1.165) is 0 Å². The summed E-state index contributed by atoms with van der Waals surface area (Å²) < 4.78 is 13.5. The van der Waals surface area contributed by atoms with E-state index in [4.69, 9.17) is 5.26 Å². The number of nitrogens with zero attached hydrogens (tertiary/aromatic N) is 3. The third-order valence-corrected chi connectivity index (χ3v) is 3.17. The molecule has 0 saturated carbocycles. The van der Waals surface area contributed by atoms with E-state index in [2.05, 4.69) is 0 Å². The number of piperazine rings is 1. The highest BCUT2D eigenvalue weighted by molar-refractivity contribution is 5.73. The second-order valence-electron chi connectivity index (χ2n) is 4.24. The van der Waals surface area contributed by atoms with Crippen molar-refractivity contribution in [3.05, 3.63) is 29.6 Å². The van der Waals surface area contributed by atoms with Crippen LogP contribution in [-0.2, 0) is 4.79 Å². The van der Waals surface area contributed by atoms with Crippen molar-refractivity contribution in [2.24, 2.45) is 0 Å². The molecule has 4 nitrogen and oxygen atoms in total. The number of anilines is 1. The fraction of sp³-hybridized carbons (Fsp3) is 0.385. The Labute approximate surface area is 105 Å². The van der Waals surface area contributed by atoms with Crippen LogP contribution in [0.25, 0.3) is 0 Å². The molecule has 5 heteroatoms. The van der Waals surface area contributed by atoms with Crippen molar-refractivity contribution in [1.82, 2.24) is 4.90 Å². The quantitative estimate of drug-likeness (QED) is 0.753. The number of hydrogen-bond donors (Lipinski definition) is 0. The maximum Gasteiger partial charge on any atom is 0.219 e. The largest absolute Gasteiger partial charge is 0.367 e. The van der Waals surface area contributed by atoms with Crippen LogP contribution in [0.15, 0.2) is 18.2 Å². The maximum atomic E-state index is 13.5. The van der Waals surface area contributed by atoms with Crippen LogP contribution in [0.3, 0.4) is 0 Å². The second-order valence-corrected chi connectivity index (χ2v) is 4.24. The number of hydrogen-bond acceptors (Lipinski definition) is 3. The number of carbonyl (C=O) groups excluding carboxylic acids is 1. The van der Waals surface area contributed by atoms with Gasteiger partial charge >= 0.3 is 0 Å². The molecule has 1 aliphatic heterocycles. The van der Waals surface area contributed by atoms with Gasteiger partial charge in [-0.05, 0) is 12.1 Å². The normalized spacial score (nSPS) is 15.4. The minimum atomic E-state index is -0.496. The lowest BCUT2D eigenvalue weighted by Crippen LogP contribution is -2.48. The molecule has 2 rings (SSSR count). The van der Waals surface area contributed by atoms with Gasteiger partial charge in [0.1, 0.15) is 17.4 Å². The highest BCUT2D eigenvalue weighted by Crippen LogP contribution is 2.23. The minimum Gasteiger partial charge on any atom is -0.367 e. The average molecular weight is 247 g/mol. The zero-order valence-electron chi connectivity index (χ0n) is 10.2. The van der Waals surface area contributed by atoms with E-state index < -0.39 is 5.82 Å². The van der Waals surface area contributed by atoms with Gasteiger partial charge in [0.05, 0.1) is 5.69 Å². The summed E-state index contributed by atoms with van der Waals surface area (Å²) in [4.78, 5) is 14.9. The van der Waals surface area contributed by atoms with Crippen LogP contribution in [0.5, 0.6) is 0 Å². The summed E-state index contributed by atoms with van der Waals surface area (Å²) in [6, 6.07) is 6.52. The lowest BCUT2D eigenvalue weighted by atomic mass is 10.1. The molecule has 1 aromatic carbocycles. The first-order valence-corrected chi connectivity index (χ1v) is 5.82. The molecular weight excluding hydrogens is 233 g/mol. The third-order valence-electron chi connectivity index (χ3n) is 3.17. The van der Waals surface area contributed by atoms with Gasteiger partial charge in [0, 0.05) is 33.1 Å². The van der Waals surface area contributed by atoms with Crippen LogP contribution in [0.4, 0.5) is 10.1 Å². The molecule has 1 aromatic rings. The molecule has 0 unspecified atom stereocenters. The molecule has 1 amide bonds. The molecule has 0 aromatic heterocycles. The van der Waals surface area contributed by atoms with Crippen LogP contribution in [0.1, 0.15) is 12.5 Å². The zero-order chi connectivity index (χ0) is 13.1. The Bertz CT molecular complexity index is 501. The Morgan fingerprint density at radius 1 is 1.33 bits per heavy atom. The topological polar surface area (TPSA) is 47.3 Å². The molecule has 0 atom stereocenters. The number of carbonyl (C=O) groups is 1. The van der Waals surface area contributed by atoms with Crippen molar-refractivity contribution in [3.63, 3.8) is 0 Å². The predicted octanol–water partition coefficient (Wildman–Crippen LogP) is 1.37. The third kappa shape index (κ3) is 2.28. The van der Waals surface area contributed by atoms with Crippen molar-refractivity contribution in [2.75, 3.05) is 31.1 Å². The van der Waals surface area contributed by atoms with Gasteiger partial charge in [-0.1, -0.05) is 6.07 Å². The van der Waals surface area contributed by atoms with E-state index in [1.54, 1.807) is 24.0 Å². The summed E-state index contributed by atoms with van der Waals surface area (Å²) in [5.74, 6) is -0.446. The van der Waals surface area contributed by atoms with Crippen LogP contribution in [0, 0.1) is 17.1 Å². The summed E-state index contributed by atoms with van der Waals surface area (Å²) in [5, 5.41) is 8.99. The Morgan fingerprint density at radius 3 is 2.56 bits per heavy atom. The van der Waals surface area contributed by atoms with E-state index in [9.17, 15) is 9.18 Å². The Hall–Kier alpha value is -2.09. The van der Waals surface area contributed by atoms with Crippen molar-refractivity contribution in [2.45, 2.75) is 6.92 Å². The summed E-state index contributed by atoms with van der Waals surface area (Å²) in [5.41, 5.74) is 0.689. The van der Waals surface area contributed by atoms with Crippen LogP contribution in [0.2, 0.25) is 0 Å². The first-order chi connectivity index (χ1) is 8.63. The lowest BCUT2D eigenvalue weighted by Gasteiger charge is -2.36.